The zero-order chi connectivity index (χ0) is 15.4. The Morgan fingerprint density at radius 3 is 2.38 bits per heavy atom. The lowest BCUT2D eigenvalue weighted by Crippen LogP contribution is -2.20. The Morgan fingerprint density at radius 1 is 1.10 bits per heavy atom. The molecule has 0 fully saturated rings. The second-order valence-corrected chi connectivity index (χ2v) is 6.03. The molecular formula is C14H11Br2FN2O2. The van der Waals surface area contributed by atoms with E-state index in [1.54, 1.807) is 12.1 Å². The van der Waals surface area contributed by atoms with Gasteiger partial charge in [-0.2, -0.15) is 0 Å². The maximum Gasteiger partial charge on any atom is 0.323 e. The van der Waals surface area contributed by atoms with Gasteiger partial charge in [0, 0.05) is 20.2 Å². The first-order chi connectivity index (χ1) is 9.97. The minimum Gasteiger partial charge on any atom is -0.392 e. The first-order valence-electron chi connectivity index (χ1n) is 5.91. The summed E-state index contributed by atoms with van der Waals surface area (Å²) in [4.78, 5) is 11.9. The molecule has 0 aliphatic heterocycles. The van der Waals surface area contributed by atoms with Crippen LogP contribution in [0.5, 0.6) is 0 Å². The molecule has 2 amide bonds. The van der Waals surface area contributed by atoms with Crippen molar-refractivity contribution in [1.82, 2.24) is 0 Å². The molecule has 0 heterocycles. The molecule has 0 saturated heterocycles. The number of aliphatic hydroxyl groups excluding tert-OH is 1. The fraction of sp³-hybridized carbons (Fsp3) is 0.0714. The van der Waals surface area contributed by atoms with Crippen molar-refractivity contribution in [3.63, 3.8) is 0 Å². The maximum absolute atomic E-state index is 13.2. The normalized spacial score (nSPS) is 10.3. The lowest BCUT2D eigenvalue weighted by Gasteiger charge is -2.11. The Balaban J connectivity index is 2.13. The third-order valence-electron chi connectivity index (χ3n) is 2.61. The molecule has 0 aliphatic rings. The van der Waals surface area contributed by atoms with Gasteiger partial charge in [0.2, 0.25) is 0 Å². The molecule has 2 aromatic rings. The fourth-order valence-electron chi connectivity index (χ4n) is 1.71. The Hall–Kier alpha value is -1.44. The smallest absolute Gasteiger partial charge is 0.323 e. The molecule has 0 aromatic heterocycles. The minimum atomic E-state index is -0.527. The highest BCUT2D eigenvalue weighted by Gasteiger charge is 2.08. The highest BCUT2D eigenvalue weighted by molar-refractivity contribution is 9.11. The number of anilines is 2. The van der Waals surface area contributed by atoms with Crippen molar-refractivity contribution in [3.05, 3.63) is 56.7 Å². The minimum absolute atomic E-state index is 0.226. The van der Waals surface area contributed by atoms with Gasteiger partial charge < -0.3 is 15.7 Å². The molecule has 0 bridgehead atoms. The molecule has 7 heteroatoms. The van der Waals surface area contributed by atoms with Gasteiger partial charge in [-0.1, -0.05) is 37.9 Å². The summed E-state index contributed by atoms with van der Waals surface area (Å²) in [6.45, 7) is -0.293. The summed E-state index contributed by atoms with van der Waals surface area (Å²) in [5, 5.41) is 14.3. The molecule has 21 heavy (non-hydrogen) atoms. The van der Waals surface area contributed by atoms with E-state index in [1.165, 1.54) is 12.1 Å². The number of carbonyl (C=O) groups excluding carboxylic acids is 1. The van der Waals surface area contributed by atoms with E-state index in [0.717, 1.165) is 15.0 Å². The average Bonchev–Trinajstić information content (AvgIpc) is 2.37. The fourth-order valence-corrected chi connectivity index (χ4v) is 3.01. The van der Waals surface area contributed by atoms with E-state index in [4.69, 9.17) is 0 Å². The standard InChI is InChI=1S/C14H11Br2FN2O2/c15-9-3-10(16)5-12(4-9)18-14(21)19-13-6-11(17)2-1-8(13)7-20/h1-6,20H,7H2,(H2,18,19,21). The van der Waals surface area contributed by atoms with Crippen molar-refractivity contribution in [2.45, 2.75) is 6.61 Å². The van der Waals surface area contributed by atoms with Crippen LogP contribution in [0.2, 0.25) is 0 Å². The number of hydrogen-bond acceptors (Lipinski definition) is 2. The van der Waals surface area contributed by atoms with Crippen LogP contribution in [0.4, 0.5) is 20.6 Å². The number of urea groups is 1. The third-order valence-corrected chi connectivity index (χ3v) is 3.53. The van der Waals surface area contributed by atoms with Crippen LogP contribution in [0, 0.1) is 5.82 Å². The van der Waals surface area contributed by atoms with E-state index >= 15 is 0 Å². The monoisotopic (exact) mass is 416 g/mol. The Labute approximate surface area is 137 Å². The molecule has 0 saturated carbocycles. The Kier molecular flexibility index (Phi) is 5.33. The van der Waals surface area contributed by atoms with Crippen molar-refractivity contribution in [1.29, 1.82) is 0 Å². The van der Waals surface area contributed by atoms with E-state index in [2.05, 4.69) is 42.5 Å². The van der Waals surface area contributed by atoms with Gasteiger partial charge in [-0.05, 0) is 30.3 Å². The highest BCUT2D eigenvalue weighted by atomic mass is 79.9. The number of halogens is 3. The molecule has 110 valence electrons. The van der Waals surface area contributed by atoms with Crippen molar-refractivity contribution >= 4 is 49.3 Å². The predicted molar refractivity (Wildman–Crippen MR) is 86.8 cm³/mol. The zero-order valence-electron chi connectivity index (χ0n) is 10.7. The van der Waals surface area contributed by atoms with Gasteiger partial charge in [0.1, 0.15) is 5.82 Å². The highest BCUT2D eigenvalue weighted by Crippen LogP contribution is 2.24. The molecule has 0 atom stereocenters. The SMILES string of the molecule is O=C(Nc1cc(Br)cc(Br)c1)Nc1cc(F)ccc1CO. The molecule has 0 aliphatic carbocycles. The number of rotatable bonds is 3. The van der Waals surface area contributed by atoms with Gasteiger partial charge in [-0.25, -0.2) is 9.18 Å². The summed E-state index contributed by atoms with van der Waals surface area (Å²) in [7, 11) is 0. The van der Waals surface area contributed by atoms with E-state index in [9.17, 15) is 14.3 Å². The maximum atomic E-state index is 13.2. The number of amides is 2. The number of aliphatic hydroxyl groups is 1. The Morgan fingerprint density at radius 2 is 1.76 bits per heavy atom. The van der Waals surface area contributed by atoms with Crippen LogP contribution in [0.15, 0.2) is 45.3 Å². The van der Waals surface area contributed by atoms with Gasteiger partial charge in [-0.3, -0.25) is 0 Å². The van der Waals surface area contributed by atoms with Crippen molar-refractivity contribution in [2.24, 2.45) is 0 Å². The molecule has 0 radical (unpaired) electrons. The van der Waals surface area contributed by atoms with E-state index in [1.807, 2.05) is 6.07 Å². The molecule has 2 rings (SSSR count). The molecular weight excluding hydrogens is 407 g/mol. The average molecular weight is 418 g/mol. The second-order valence-electron chi connectivity index (χ2n) is 4.20. The predicted octanol–water partition coefficient (Wildman–Crippen LogP) is 4.49. The van der Waals surface area contributed by atoms with Gasteiger partial charge in [-0.15, -0.1) is 0 Å². The van der Waals surface area contributed by atoms with Crippen LogP contribution >= 0.6 is 31.9 Å². The number of hydrogen-bond donors (Lipinski definition) is 3. The molecule has 4 nitrogen and oxygen atoms in total. The van der Waals surface area contributed by atoms with Crippen LogP contribution in [0.1, 0.15) is 5.56 Å². The quantitative estimate of drug-likeness (QED) is 0.689. The first kappa shape index (κ1) is 15.9. The van der Waals surface area contributed by atoms with Crippen LogP contribution in [-0.2, 0) is 6.61 Å². The van der Waals surface area contributed by atoms with Gasteiger partial charge >= 0.3 is 6.03 Å². The second kappa shape index (κ2) is 7.02. The van der Waals surface area contributed by atoms with Gasteiger partial charge in [0.25, 0.3) is 0 Å². The lowest BCUT2D eigenvalue weighted by atomic mass is 10.2. The number of nitrogens with one attached hydrogen (secondary N) is 2. The number of benzene rings is 2. The van der Waals surface area contributed by atoms with Gasteiger partial charge in [0.05, 0.1) is 12.3 Å². The van der Waals surface area contributed by atoms with Crippen LogP contribution in [0.3, 0.4) is 0 Å². The van der Waals surface area contributed by atoms with Crippen molar-refractivity contribution in [2.75, 3.05) is 10.6 Å². The summed E-state index contributed by atoms with van der Waals surface area (Å²) in [6, 6.07) is 8.55. The Bertz CT molecular complexity index is 660. The number of carbonyl (C=O) groups is 1. The molecule has 3 N–H and O–H groups in total. The topological polar surface area (TPSA) is 61.4 Å². The van der Waals surface area contributed by atoms with Crippen LogP contribution in [-0.4, -0.2) is 11.1 Å². The van der Waals surface area contributed by atoms with Crippen LogP contribution < -0.4 is 10.6 Å². The summed E-state index contributed by atoms with van der Waals surface area (Å²) < 4.78 is 14.8. The molecule has 0 spiro atoms. The van der Waals surface area contributed by atoms with E-state index in [-0.39, 0.29) is 12.3 Å². The largest absolute Gasteiger partial charge is 0.392 e. The molecule has 2 aromatic carbocycles. The first-order valence-corrected chi connectivity index (χ1v) is 7.50. The summed E-state index contributed by atoms with van der Waals surface area (Å²) in [5.74, 6) is -0.493. The lowest BCUT2D eigenvalue weighted by molar-refractivity contribution is 0.262. The van der Waals surface area contributed by atoms with E-state index < -0.39 is 11.8 Å². The third kappa shape index (κ3) is 4.52. The zero-order valence-corrected chi connectivity index (χ0v) is 13.8. The van der Waals surface area contributed by atoms with E-state index in [0.29, 0.717) is 11.3 Å². The van der Waals surface area contributed by atoms with Crippen molar-refractivity contribution in [3.8, 4) is 0 Å². The van der Waals surface area contributed by atoms with Gasteiger partial charge in [0.15, 0.2) is 0 Å². The van der Waals surface area contributed by atoms with Crippen LogP contribution in [0.25, 0.3) is 0 Å². The summed E-state index contributed by atoms with van der Waals surface area (Å²) in [5.41, 5.74) is 1.22. The van der Waals surface area contributed by atoms with Crippen molar-refractivity contribution < 1.29 is 14.3 Å². The summed E-state index contributed by atoms with van der Waals surface area (Å²) in [6.07, 6.45) is 0. The summed E-state index contributed by atoms with van der Waals surface area (Å²) >= 11 is 6.64. The molecule has 0 unspecified atom stereocenters.